The van der Waals surface area contributed by atoms with Gasteiger partial charge in [0.15, 0.2) is 0 Å². The molecule has 0 saturated carbocycles. The van der Waals surface area contributed by atoms with E-state index in [4.69, 9.17) is 10.8 Å². The van der Waals surface area contributed by atoms with Crippen molar-refractivity contribution in [3.05, 3.63) is 46.9 Å². The number of hydrogen-bond acceptors (Lipinski definition) is 4. The second-order valence-corrected chi connectivity index (χ2v) is 3.92. The molecule has 2 rings (SSSR count). The highest BCUT2D eigenvalue weighted by Gasteiger charge is 2.08. The molecule has 0 fully saturated rings. The smallest absolute Gasteiger partial charge is 0.274 e. The van der Waals surface area contributed by atoms with Gasteiger partial charge in [0.25, 0.3) is 5.56 Å². The van der Waals surface area contributed by atoms with E-state index in [1.54, 1.807) is 36.5 Å². The normalized spacial score (nSPS) is 10.5. The van der Waals surface area contributed by atoms with Gasteiger partial charge in [-0.3, -0.25) is 4.79 Å². The summed E-state index contributed by atoms with van der Waals surface area (Å²) < 4.78 is 1.35. The minimum atomic E-state index is -0.343. The van der Waals surface area contributed by atoms with Crippen molar-refractivity contribution < 1.29 is 10.2 Å². The molecule has 0 atom stereocenters. The molecule has 0 unspecified atom stereocenters. The molecule has 0 radical (unpaired) electrons. The zero-order valence-electron chi connectivity index (χ0n) is 9.71. The van der Waals surface area contributed by atoms with Gasteiger partial charge in [-0.25, -0.2) is 0 Å². The maximum atomic E-state index is 11.9. The van der Waals surface area contributed by atoms with Crippen LogP contribution in [0, 0.1) is 0 Å². The van der Waals surface area contributed by atoms with Crippen molar-refractivity contribution in [3.63, 3.8) is 0 Å². The van der Waals surface area contributed by atoms with Crippen LogP contribution in [0.2, 0.25) is 0 Å². The van der Waals surface area contributed by atoms with Crippen LogP contribution in [-0.4, -0.2) is 21.4 Å². The van der Waals surface area contributed by atoms with E-state index in [2.05, 4.69) is 0 Å². The third-order valence-corrected chi connectivity index (χ3v) is 2.70. The lowest BCUT2D eigenvalue weighted by molar-refractivity contribution is 0.274. The third-order valence-electron chi connectivity index (χ3n) is 2.70. The number of nitrogen functional groups attached to an aromatic ring is 1. The fourth-order valence-corrected chi connectivity index (χ4v) is 1.80. The lowest BCUT2D eigenvalue weighted by Gasteiger charge is -2.09. The van der Waals surface area contributed by atoms with E-state index < -0.39 is 0 Å². The first-order valence-corrected chi connectivity index (χ1v) is 5.52. The Morgan fingerprint density at radius 1 is 1.28 bits per heavy atom. The highest BCUT2D eigenvalue weighted by Crippen LogP contribution is 2.25. The van der Waals surface area contributed by atoms with Crippen molar-refractivity contribution in [2.75, 3.05) is 12.3 Å². The molecule has 0 aliphatic heterocycles. The van der Waals surface area contributed by atoms with Crippen LogP contribution in [0.3, 0.4) is 0 Å². The molecule has 0 aliphatic rings. The van der Waals surface area contributed by atoms with E-state index in [0.717, 1.165) is 0 Å². The molecular formula is C13H14N2O3. The van der Waals surface area contributed by atoms with Gasteiger partial charge >= 0.3 is 0 Å². The number of aromatic hydroxyl groups is 1. The number of aliphatic hydroxyl groups is 1. The van der Waals surface area contributed by atoms with Crippen LogP contribution in [0.15, 0.2) is 41.3 Å². The van der Waals surface area contributed by atoms with Crippen LogP contribution < -0.4 is 11.3 Å². The van der Waals surface area contributed by atoms with Gasteiger partial charge in [0, 0.05) is 18.3 Å². The predicted molar refractivity (Wildman–Crippen MR) is 69.3 cm³/mol. The molecule has 0 saturated heterocycles. The first kappa shape index (κ1) is 12.2. The van der Waals surface area contributed by atoms with Gasteiger partial charge in [-0.15, -0.1) is 0 Å². The average Bonchev–Trinajstić information content (AvgIpc) is 2.35. The summed E-state index contributed by atoms with van der Waals surface area (Å²) >= 11 is 0. The van der Waals surface area contributed by atoms with Gasteiger partial charge < -0.3 is 20.5 Å². The fourth-order valence-electron chi connectivity index (χ4n) is 1.80. The first-order chi connectivity index (χ1) is 8.63. The lowest BCUT2D eigenvalue weighted by atomic mass is 10.1. The van der Waals surface area contributed by atoms with E-state index in [0.29, 0.717) is 11.1 Å². The zero-order chi connectivity index (χ0) is 13.1. The molecule has 2 aromatic rings. The van der Waals surface area contributed by atoms with E-state index >= 15 is 0 Å². The molecule has 1 aromatic carbocycles. The van der Waals surface area contributed by atoms with Crippen LogP contribution in [0.4, 0.5) is 5.69 Å². The van der Waals surface area contributed by atoms with Crippen LogP contribution in [0.5, 0.6) is 5.75 Å². The number of nitrogens with zero attached hydrogens (tertiary/aromatic N) is 1. The van der Waals surface area contributed by atoms with E-state index in [9.17, 15) is 9.90 Å². The number of phenols is 1. The summed E-state index contributed by atoms with van der Waals surface area (Å²) in [6, 6.07) is 8.24. The topological polar surface area (TPSA) is 88.5 Å². The summed E-state index contributed by atoms with van der Waals surface area (Å²) in [6.45, 7) is 0.0914. The molecule has 0 spiro atoms. The van der Waals surface area contributed by atoms with Gasteiger partial charge in [0.1, 0.15) is 11.4 Å². The molecular weight excluding hydrogens is 232 g/mol. The summed E-state index contributed by atoms with van der Waals surface area (Å²) in [5, 5.41) is 18.2. The number of aromatic nitrogens is 1. The molecule has 94 valence electrons. The van der Waals surface area contributed by atoms with Crippen molar-refractivity contribution in [3.8, 4) is 16.9 Å². The second kappa shape index (κ2) is 4.93. The minimum absolute atomic E-state index is 0.108. The van der Waals surface area contributed by atoms with E-state index in [1.807, 2.05) is 0 Å². The lowest BCUT2D eigenvalue weighted by Crippen LogP contribution is -2.24. The quantitative estimate of drug-likeness (QED) is 0.747. The number of phenolic OH excluding ortho intramolecular Hbond substituents is 1. The van der Waals surface area contributed by atoms with Crippen LogP contribution in [0.1, 0.15) is 0 Å². The molecule has 5 heteroatoms. The Balaban J connectivity index is 2.54. The van der Waals surface area contributed by atoms with Crippen molar-refractivity contribution in [1.82, 2.24) is 4.57 Å². The molecule has 1 aromatic heterocycles. The van der Waals surface area contributed by atoms with E-state index in [1.165, 1.54) is 4.57 Å². The Kier molecular flexibility index (Phi) is 3.34. The molecule has 0 aliphatic carbocycles. The number of aliphatic hydroxyl groups excluding tert-OH is 1. The SMILES string of the molecule is Nc1c(-c2cccc(O)c2)ccn(CCO)c1=O. The highest BCUT2D eigenvalue weighted by atomic mass is 16.3. The Bertz CT molecular complexity index is 620. The van der Waals surface area contributed by atoms with Crippen molar-refractivity contribution in [2.45, 2.75) is 6.54 Å². The number of pyridine rings is 1. The minimum Gasteiger partial charge on any atom is -0.508 e. The van der Waals surface area contributed by atoms with Crippen LogP contribution in [-0.2, 0) is 6.54 Å². The largest absolute Gasteiger partial charge is 0.508 e. The maximum Gasteiger partial charge on any atom is 0.274 e. The van der Waals surface area contributed by atoms with Crippen molar-refractivity contribution in [2.24, 2.45) is 0 Å². The molecule has 18 heavy (non-hydrogen) atoms. The van der Waals surface area contributed by atoms with Gasteiger partial charge in [0.2, 0.25) is 0 Å². The van der Waals surface area contributed by atoms with Crippen molar-refractivity contribution >= 4 is 5.69 Å². The molecule has 4 N–H and O–H groups in total. The summed E-state index contributed by atoms with van der Waals surface area (Å²) in [4.78, 5) is 11.9. The fraction of sp³-hybridized carbons (Fsp3) is 0.154. The molecule has 0 amide bonds. The van der Waals surface area contributed by atoms with Crippen LogP contribution >= 0.6 is 0 Å². The molecule has 0 bridgehead atoms. The standard InChI is InChI=1S/C13H14N2O3/c14-12-11(9-2-1-3-10(17)8-9)4-5-15(6-7-16)13(12)18/h1-5,8,16-17H,6-7,14H2. The Morgan fingerprint density at radius 3 is 2.72 bits per heavy atom. The molecule has 1 heterocycles. The highest BCUT2D eigenvalue weighted by molar-refractivity contribution is 5.76. The Morgan fingerprint density at radius 2 is 2.06 bits per heavy atom. The second-order valence-electron chi connectivity index (χ2n) is 3.92. The summed E-state index contributed by atoms with van der Waals surface area (Å²) in [7, 11) is 0. The summed E-state index contributed by atoms with van der Waals surface area (Å²) in [5.74, 6) is 0.117. The van der Waals surface area contributed by atoms with Gasteiger partial charge in [-0.05, 0) is 23.8 Å². The average molecular weight is 246 g/mol. The monoisotopic (exact) mass is 246 g/mol. The first-order valence-electron chi connectivity index (χ1n) is 5.52. The summed E-state index contributed by atoms with van der Waals surface area (Å²) in [5.41, 5.74) is 6.82. The van der Waals surface area contributed by atoms with Crippen LogP contribution in [0.25, 0.3) is 11.1 Å². The zero-order valence-corrected chi connectivity index (χ0v) is 9.71. The Labute approximate surface area is 104 Å². The maximum absolute atomic E-state index is 11.9. The predicted octanol–water partition coefficient (Wildman–Crippen LogP) is 0.795. The molecule has 5 nitrogen and oxygen atoms in total. The number of anilines is 1. The number of hydrogen-bond donors (Lipinski definition) is 3. The number of rotatable bonds is 3. The third kappa shape index (κ3) is 2.21. The van der Waals surface area contributed by atoms with Gasteiger partial charge in [-0.2, -0.15) is 0 Å². The van der Waals surface area contributed by atoms with Gasteiger partial charge in [0.05, 0.1) is 6.61 Å². The number of benzene rings is 1. The van der Waals surface area contributed by atoms with Crippen molar-refractivity contribution in [1.29, 1.82) is 0 Å². The summed E-state index contributed by atoms with van der Waals surface area (Å²) in [6.07, 6.45) is 1.58. The Hall–Kier alpha value is -2.27. The van der Waals surface area contributed by atoms with E-state index in [-0.39, 0.29) is 30.1 Å². The van der Waals surface area contributed by atoms with Gasteiger partial charge in [-0.1, -0.05) is 12.1 Å². The number of nitrogens with two attached hydrogens (primary N) is 1.